The van der Waals surface area contributed by atoms with Crippen LogP contribution in [0.15, 0.2) is 0 Å². The predicted molar refractivity (Wildman–Crippen MR) is 72.7 cm³/mol. The SMILES string of the molecule is CC(C)(C)C1CN(CCN2CCNCC2)C(=O)N1. The van der Waals surface area contributed by atoms with E-state index in [9.17, 15) is 4.79 Å². The Morgan fingerprint density at radius 3 is 2.44 bits per heavy atom. The summed E-state index contributed by atoms with van der Waals surface area (Å²) in [6.45, 7) is 13.5. The number of hydrogen-bond acceptors (Lipinski definition) is 3. The Kier molecular flexibility index (Phi) is 4.12. The van der Waals surface area contributed by atoms with Gasteiger partial charge in [-0.1, -0.05) is 20.8 Å². The second-order valence-corrected chi connectivity index (χ2v) is 6.41. The second kappa shape index (κ2) is 5.45. The van der Waals surface area contributed by atoms with E-state index in [1.807, 2.05) is 4.90 Å². The molecule has 0 spiro atoms. The number of urea groups is 1. The zero-order valence-corrected chi connectivity index (χ0v) is 11.8. The van der Waals surface area contributed by atoms with Crippen LogP contribution in [0.2, 0.25) is 0 Å². The van der Waals surface area contributed by atoms with E-state index in [1.165, 1.54) is 0 Å². The first kappa shape index (κ1) is 13.6. The van der Waals surface area contributed by atoms with Gasteiger partial charge in [0.2, 0.25) is 0 Å². The third-order valence-corrected chi connectivity index (χ3v) is 3.93. The minimum atomic E-state index is 0.102. The smallest absolute Gasteiger partial charge is 0.317 e. The molecule has 0 aromatic heterocycles. The summed E-state index contributed by atoms with van der Waals surface area (Å²) in [4.78, 5) is 16.3. The van der Waals surface area contributed by atoms with Gasteiger partial charge in [-0.3, -0.25) is 4.90 Å². The fourth-order valence-corrected chi connectivity index (χ4v) is 2.47. The number of carbonyl (C=O) groups is 1. The van der Waals surface area contributed by atoms with Crippen LogP contribution in [0.3, 0.4) is 0 Å². The Hall–Kier alpha value is -0.810. The highest BCUT2D eigenvalue weighted by Gasteiger charge is 2.35. The van der Waals surface area contributed by atoms with E-state index in [0.29, 0.717) is 0 Å². The monoisotopic (exact) mass is 254 g/mol. The van der Waals surface area contributed by atoms with Crippen LogP contribution in [0.25, 0.3) is 0 Å². The lowest BCUT2D eigenvalue weighted by Gasteiger charge is -2.29. The van der Waals surface area contributed by atoms with Gasteiger partial charge in [-0.25, -0.2) is 4.79 Å². The molecule has 2 heterocycles. The van der Waals surface area contributed by atoms with Crippen molar-refractivity contribution in [3.63, 3.8) is 0 Å². The molecule has 2 fully saturated rings. The number of amides is 2. The summed E-state index contributed by atoms with van der Waals surface area (Å²) < 4.78 is 0. The lowest BCUT2D eigenvalue weighted by atomic mass is 9.87. The van der Waals surface area contributed by atoms with Gasteiger partial charge in [0.15, 0.2) is 0 Å². The van der Waals surface area contributed by atoms with E-state index < -0.39 is 0 Å². The van der Waals surface area contributed by atoms with E-state index in [0.717, 1.165) is 45.8 Å². The molecule has 1 atom stereocenters. The molecule has 2 N–H and O–H groups in total. The summed E-state index contributed by atoms with van der Waals surface area (Å²) in [6.07, 6.45) is 0. The highest BCUT2D eigenvalue weighted by Crippen LogP contribution is 2.23. The Morgan fingerprint density at radius 2 is 1.89 bits per heavy atom. The van der Waals surface area contributed by atoms with Crippen LogP contribution < -0.4 is 10.6 Å². The van der Waals surface area contributed by atoms with Crippen LogP contribution in [-0.2, 0) is 0 Å². The van der Waals surface area contributed by atoms with Crippen molar-refractivity contribution in [2.45, 2.75) is 26.8 Å². The molecule has 2 aliphatic rings. The van der Waals surface area contributed by atoms with E-state index in [1.54, 1.807) is 0 Å². The van der Waals surface area contributed by atoms with Crippen molar-refractivity contribution in [1.29, 1.82) is 0 Å². The molecule has 5 heteroatoms. The maximum atomic E-state index is 11.9. The third kappa shape index (κ3) is 3.36. The average molecular weight is 254 g/mol. The number of piperazine rings is 1. The maximum absolute atomic E-state index is 11.9. The molecular formula is C13H26N4O. The molecule has 0 aromatic rings. The highest BCUT2D eigenvalue weighted by molar-refractivity contribution is 5.77. The van der Waals surface area contributed by atoms with E-state index >= 15 is 0 Å². The molecule has 2 saturated heterocycles. The first-order valence-electron chi connectivity index (χ1n) is 6.95. The van der Waals surface area contributed by atoms with Gasteiger partial charge in [0.25, 0.3) is 0 Å². The Morgan fingerprint density at radius 1 is 1.22 bits per heavy atom. The number of nitrogens with one attached hydrogen (secondary N) is 2. The molecule has 104 valence electrons. The largest absolute Gasteiger partial charge is 0.333 e. The molecule has 0 radical (unpaired) electrons. The molecular weight excluding hydrogens is 228 g/mol. The van der Waals surface area contributed by atoms with Gasteiger partial charge in [-0.15, -0.1) is 0 Å². The molecule has 0 bridgehead atoms. The molecule has 2 amide bonds. The van der Waals surface area contributed by atoms with Crippen LogP contribution in [0, 0.1) is 5.41 Å². The van der Waals surface area contributed by atoms with Crippen LogP contribution in [0.5, 0.6) is 0 Å². The van der Waals surface area contributed by atoms with Gasteiger partial charge in [-0.2, -0.15) is 0 Å². The van der Waals surface area contributed by atoms with Crippen molar-refractivity contribution in [2.75, 3.05) is 45.8 Å². The molecule has 0 saturated carbocycles. The van der Waals surface area contributed by atoms with Gasteiger partial charge < -0.3 is 15.5 Å². The van der Waals surface area contributed by atoms with Crippen molar-refractivity contribution in [3.8, 4) is 0 Å². The highest BCUT2D eigenvalue weighted by atomic mass is 16.2. The Balaban J connectivity index is 1.78. The summed E-state index contributed by atoms with van der Waals surface area (Å²) in [6, 6.07) is 0.373. The molecule has 2 rings (SSSR count). The second-order valence-electron chi connectivity index (χ2n) is 6.41. The molecule has 0 aliphatic carbocycles. The summed E-state index contributed by atoms with van der Waals surface area (Å²) >= 11 is 0. The topological polar surface area (TPSA) is 47.6 Å². The fourth-order valence-electron chi connectivity index (χ4n) is 2.47. The van der Waals surface area contributed by atoms with Crippen molar-refractivity contribution < 1.29 is 4.79 Å². The average Bonchev–Trinajstić information content (AvgIpc) is 2.69. The van der Waals surface area contributed by atoms with Gasteiger partial charge in [0.05, 0.1) is 6.04 Å². The van der Waals surface area contributed by atoms with Crippen molar-refractivity contribution in [3.05, 3.63) is 0 Å². The zero-order valence-electron chi connectivity index (χ0n) is 11.8. The first-order valence-corrected chi connectivity index (χ1v) is 6.95. The molecule has 1 unspecified atom stereocenters. The van der Waals surface area contributed by atoms with Crippen LogP contribution in [-0.4, -0.2) is 67.7 Å². The van der Waals surface area contributed by atoms with E-state index in [2.05, 4.69) is 36.3 Å². The number of hydrogen-bond donors (Lipinski definition) is 2. The Labute approximate surface area is 110 Å². The van der Waals surface area contributed by atoms with Gasteiger partial charge in [-0.05, 0) is 5.41 Å². The number of nitrogens with zero attached hydrogens (tertiary/aromatic N) is 2. The number of rotatable bonds is 3. The molecule has 2 aliphatic heterocycles. The summed E-state index contributed by atoms with van der Waals surface area (Å²) in [5.41, 5.74) is 0.138. The van der Waals surface area contributed by atoms with Crippen molar-refractivity contribution in [2.24, 2.45) is 5.41 Å². The maximum Gasteiger partial charge on any atom is 0.317 e. The molecule has 18 heavy (non-hydrogen) atoms. The normalized spacial score (nSPS) is 26.5. The fraction of sp³-hybridized carbons (Fsp3) is 0.923. The number of carbonyl (C=O) groups excluding carboxylic acids is 1. The minimum absolute atomic E-state index is 0.102. The standard InChI is InChI=1S/C13H26N4O/c1-13(2,3)11-10-17(12(18)15-11)9-8-16-6-4-14-5-7-16/h11,14H,4-10H2,1-3H3,(H,15,18). The predicted octanol–water partition coefficient (Wildman–Crippen LogP) is 0.332. The summed E-state index contributed by atoms with van der Waals surface area (Å²) in [5, 5.41) is 6.43. The third-order valence-electron chi connectivity index (χ3n) is 3.93. The minimum Gasteiger partial charge on any atom is -0.333 e. The molecule has 5 nitrogen and oxygen atoms in total. The van der Waals surface area contributed by atoms with E-state index in [4.69, 9.17) is 0 Å². The van der Waals surface area contributed by atoms with Crippen LogP contribution in [0.1, 0.15) is 20.8 Å². The van der Waals surface area contributed by atoms with Gasteiger partial charge in [0.1, 0.15) is 0 Å². The lowest BCUT2D eigenvalue weighted by Crippen LogP contribution is -2.46. The van der Waals surface area contributed by atoms with E-state index in [-0.39, 0.29) is 17.5 Å². The Bertz CT molecular complexity index is 294. The summed E-state index contributed by atoms with van der Waals surface area (Å²) in [5.74, 6) is 0. The lowest BCUT2D eigenvalue weighted by molar-refractivity contribution is 0.191. The van der Waals surface area contributed by atoms with Crippen LogP contribution >= 0.6 is 0 Å². The van der Waals surface area contributed by atoms with Crippen molar-refractivity contribution >= 4 is 6.03 Å². The first-order chi connectivity index (χ1) is 8.47. The van der Waals surface area contributed by atoms with Crippen LogP contribution in [0.4, 0.5) is 4.79 Å². The van der Waals surface area contributed by atoms with Crippen molar-refractivity contribution in [1.82, 2.24) is 20.4 Å². The quantitative estimate of drug-likeness (QED) is 0.763. The molecule has 0 aromatic carbocycles. The zero-order chi connectivity index (χ0) is 13.2. The van der Waals surface area contributed by atoms with Gasteiger partial charge >= 0.3 is 6.03 Å². The summed E-state index contributed by atoms with van der Waals surface area (Å²) in [7, 11) is 0. The van der Waals surface area contributed by atoms with Gasteiger partial charge in [0, 0.05) is 45.8 Å².